The number of fused-ring (bicyclic) bond motifs is 1. The molecule has 0 aromatic carbocycles. The van der Waals surface area contributed by atoms with E-state index in [9.17, 15) is 9.59 Å². The molecule has 0 aromatic rings. The predicted molar refractivity (Wildman–Crippen MR) is 70.7 cm³/mol. The van der Waals surface area contributed by atoms with Crippen molar-refractivity contribution in [3.05, 3.63) is 0 Å². The zero-order valence-electron chi connectivity index (χ0n) is 10.8. The molecule has 2 saturated carbocycles. The van der Waals surface area contributed by atoms with Crippen molar-refractivity contribution in [3.63, 3.8) is 0 Å². The van der Waals surface area contributed by atoms with E-state index in [0.29, 0.717) is 13.2 Å². The van der Waals surface area contributed by atoms with Crippen molar-refractivity contribution in [2.24, 2.45) is 23.7 Å². The molecular weight excluding hydrogens is 314 g/mol. The molecule has 0 radical (unpaired) electrons. The van der Waals surface area contributed by atoms with Crippen molar-refractivity contribution < 1.29 is 19.1 Å². The van der Waals surface area contributed by atoms with Crippen LogP contribution in [0.2, 0.25) is 0 Å². The summed E-state index contributed by atoms with van der Waals surface area (Å²) in [5.74, 6) is -0.160. The molecule has 1 heterocycles. The molecule has 2 bridgehead atoms. The van der Waals surface area contributed by atoms with Crippen LogP contribution in [0.1, 0.15) is 12.8 Å². The molecule has 0 spiro atoms. The minimum atomic E-state index is -0.219. The molecule has 106 valence electrons. The van der Waals surface area contributed by atoms with Crippen LogP contribution in [0.25, 0.3) is 0 Å². The summed E-state index contributed by atoms with van der Waals surface area (Å²) in [6.07, 6.45) is 1.70. The van der Waals surface area contributed by atoms with Crippen molar-refractivity contribution in [1.82, 2.24) is 5.32 Å². The maximum atomic E-state index is 12.3. The van der Waals surface area contributed by atoms with Crippen molar-refractivity contribution in [2.45, 2.75) is 23.8 Å². The van der Waals surface area contributed by atoms with Gasteiger partial charge in [-0.25, -0.2) is 0 Å². The topological polar surface area (TPSA) is 64.6 Å². The number of amides is 1. The number of rotatable bonds is 5. The van der Waals surface area contributed by atoms with Crippen LogP contribution in [0, 0.1) is 23.7 Å². The lowest BCUT2D eigenvalue weighted by Crippen LogP contribution is -2.43. The van der Waals surface area contributed by atoms with Crippen LogP contribution in [-0.4, -0.2) is 43.1 Å². The highest BCUT2D eigenvalue weighted by molar-refractivity contribution is 9.09. The summed E-state index contributed by atoms with van der Waals surface area (Å²) < 4.78 is 10.3. The van der Waals surface area contributed by atoms with Gasteiger partial charge in [0.2, 0.25) is 5.91 Å². The molecule has 1 saturated heterocycles. The quantitative estimate of drug-likeness (QED) is 0.458. The van der Waals surface area contributed by atoms with E-state index in [1.165, 1.54) is 0 Å². The molecule has 1 N–H and O–H groups in total. The Morgan fingerprint density at radius 2 is 2.32 bits per heavy atom. The number of esters is 1. The second-order valence-electron chi connectivity index (χ2n) is 5.60. The first-order valence-corrected chi connectivity index (χ1v) is 7.68. The minimum absolute atomic E-state index is 0.00430. The zero-order chi connectivity index (χ0) is 13.6. The summed E-state index contributed by atoms with van der Waals surface area (Å²) in [7, 11) is 1.64. The predicted octanol–water partition coefficient (Wildman–Crippen LogP) is 0.710. The maximum absolute atomic E-state index is 12.3. The van der Waals surface area contributed by atoms with Gasteiger partial charge in [0.05, 0.1) is 16.7 Å². The Hall–Kier alpha value is -0.620. The molecule has 6 heteroatoms. The average molecular weight is 332 g/mol. The molecule has 3 fully saturated rings. The van der Waals surface area contributed by atoms with Crippen molar-refractivity contribution in [3.8, 4) is 0 Å². The standard InChI is InChI=1S/C13H18BrNO4/c1-18-4-2-3-15-12(16)8-6-5-7-9(8)13(17)19-11(7)10(6)14/h6-11H,2-5H2,1H3,(H,15,16)/t6-,7-,8+,9+,10-,11+/m1/s1. The Labute approximate surface area is 120 Å². The van der Waals surface area contributed by atoms with Crippen LogP contribution in [0.5, 0.6) is 0 Å². The first kappa shape index (κ1) is 13.4. The fourth-order valence-corrected chi connectivity index (χ4v) is 4.92. The van der Waals surface area contributed by atoms with Gasteiger partial charge in [-0.05, 0) is 18.8 Å². The van der Waals surface area contributed by atoms with E-state index in [0.717, 1.165) is 12.8 Å². The number of nitrogens with one attached hydrogen (secondary N) is 1. The molecule has 3 aliphatic rings. The molecule has 1 aliphatic heterocycles. The molecule has 5 nitrogen and oxygen atoms in total. The SMILES string of the molecule is COCCCNC(=O)[C@H]1[C@H]2C[C@H]3[C@H](OC(=O)[C@@H]31)[C@@H]2Br. The summed E-state index contributed by atoms with van der Waals surface area (Å²) in [5.41, 5.74) is 0. The van der Waals surface area contributed by atoms with Crippen LogP contribution in [0.3, 0.4) is 0 Å². The smallest absolute Gasteiger partial charge is 0.310 e. The van der Waals surface area contributed by atoms with E-state index in [-0.39, 0.29) is 46.5 Å². The van der Waals surface area contributed by atoms with E-state index >= 15 is 0 Å². The highest BCUT2D eigenvalue weighted by atomic mass is 79.9. The Bertz CT molecular complexity index is 402. The summed E-state index contributed by atoms with van der Waals surface area (Å²) in [6, 6.07) is 0. The van der Waals surface area contributed by atoms with Gasteiger partial charge in [-0.3, -0.25) is 9.59 Å². The third-order valence-corrected chi connectivity index (χ3v) is 5.85. The Kier molecular flexibility index (Phi) is 3.55. The van der Waals surface area contributed by atoms with Gasteiger partial charge in [0.25, 0.3) is 0 Å². The van der Waals surface area contributed by atoms with Gasteiger partial charge >= 0.3 is 5.97 Å². The molecule has 3 rings (SSSR count). The van der Waals surface area contributed by atoms with Crippen LogP contribution >= 0.6 is 15.9 Å². The summed E-state index contributed by atoms with van der Waals surface area (Å²) in [6.45, 7) is 1.23. The number of alkyl halides is 1. The minimum Gasteiger partial charge on any atom is -0.461 e. The van der Waals surface area contributed by atoms with Crippen molar-refractivity contribution in [1.29, 1.82) is 0 Å². The highest BCUT2D eigenvalue weighted by Gasteiger charge is 2.67. The molecule has 6 atom stereocenters. The highest BCUT2D eigenvalue weighted by Crippen LogP contribution is 2.59. The van der Waals surface area contributed by atoms with E-state index in [4.69, 9.17) is 9.47 Å². The van der Waals surface area contributed by atoms with Crippen molar-refractivity contribution in [2.75, 3.05) is 20.3 Å². The normalized spacial score (nSPS) is 42.5. The molecule has 2 aliphatic carbocycles. The fraction of sp³-hybridized carbons (Fsp3) is 0.846. The van der Waals surface area contributed by atoms with Crippen LogP contribution in [0.4, 0.5) is 0 Å². The number of halogens is 1. The molecule has 19 heavy (non-hydrogen) atoms. The second-order valence-corrected chi connectivity index (χ2v) is 6.66. The largest absolute Gasteiger partial charge is 0.461 e. The van der Waals surface area contributed by atoms with Crippen LogP contribution in [-0.2, 0) is 19.1 Å². The zero-order valence-corrected chi connectivity index (χ0v) is 12.4. The van der Waals surface area contributed by atoms with Crippen LogP contribution < -0.4 is 5.32 Å². The van der Waals surface area contributed by atoms with Crippen molar-refractivity contribution >= 4 is 27.8 Å². The molecule has 0 unspecified atom stereocenters. The Morgan fingerprint density at radius 3 is 3.05 bits per heavy atom. The van der Waals surface area contributed by atoms with E-state index in [1.54, 1.807) is 7.11 Å². The lowest BCUT2D eigenvalue weighted by Gasteiger charge is -2.27. The second kappa shape index (κ2) is 5.05. The lowest BCUT2D eigenvalue weighted by atomic mass is 9.79. The number of methoxy groups -OCH3 is 1. The number of carbonyl (C=O) groups excluding carboxylic acids is 2. The summed E-state index contributed by atoms with van der Waals surface area (Å²) in [4.78, 5) is 24.3. The summed E-state index contributed by atoms with van der Waals surface area (Å²) >= 11 is 3.60. The number of hydrogen-bond acceptors (Lipinski definition) is 4. The van der Waals surface area contributed by atoms with Gasteiger partial charge in [-0.2, -0.15) is 0 Å². The first-order valence-electron chi connectivity index (χ1n) is 6.76. The van der Waals surface area contributed by atoms with Gasteiger partial charge in [0, 0.05) is 26.2 Å². The van der Waals surface area contributed by atoms with Crippen LogP contribution in [0.15, 0.2) is 0 Å². The average Bonchev–Trinajstić information content (AvgIpc) is 2.98. The molecule has 0 aromatic heterocycles. The van der Waals surface area contributed by atoms with E-state index in [2.05, 4.69) is 21.2 Å². The Morgan fingerprint density at radius 1 is 1.53 bits per heavy atom. The number of ether oxygens (including phenoxy) is 2. The van der Waals surface area contributed by atoms with Gasteiger partial charge in [-0.1, -0.05) is 15.9 Å². The third-order valence-electron chi connectivity index (χ3n) is 4.65. The van der Waals surface area contributed by atoms with Gasteiger partial charge < -0.3 is 14.8 Å². The van der Waals surface area contributed by atoms with E-state index < -0.39 is 0 Å². The van der Waals surface area contributed by atoms with E-state index in [1.807, 2.05) is 0 Å². The molecular formula is C13H18BrNO4. The van der Waals surface area contributed by atoms with Gasteiger partial charge in [0.15, 0.2) is 0 Å². The fourth-order valence-electron chi connectivity index (χ4n) is 3.88. The monoisotopic (exact) mass is 331 g/mol. The Balaban J connectivity index is 1.65. The third kappa shape index (κ3) is 2.00. The van der Waals surface area contributed by atoms with Gasteiger partial charge in [-0.15, -0.1) is 0 Å². The summed E-state index contributed by atoms with van der Waals surface area (Å²) in [5, 5.41) is 2.92. The number of hydrogen-bond donors (Lipinski definition) is 1. The lowest BCUT2D eigenvalue weighted by molar-refractivity contribution is -0.145. The maximum Gasteiger partial charge on any atom is 0.310 e. The number of carbonyl (C=O) groups is 2. The van der Waals surface area contributed by atoms with Gasteiger partial charge in [0.1, 0.15) is 6.10 Å². The molecule has 1 amide bonds. The first-order chi connectivity index (χ1) is 9.15.